The van der Waals surface area contributed by atoms with Crippen LogP contribution in [0, 0.1) is 5.92 Å². The zero-order valence-corrected chi connectivity index (χ0v) is 8.41. The van der Waals surface area contributed by atoms with Gasteiger partial charge in [0.1, 0.15) is 0 Å². The van der Waals surface area contributed by atoms with Crippen LogP contribution < -0.4 is 0 Å². The Balaban J connectivity index is 2.21. The Morgan fingerprint density at radius 3 is 2.31 bits per heavy atom. The van der Waals surface area contributed by atoms with Gasteiger partial charge in [0.2, 0.25) is 0 Å². The summed E-state index contributed by atoms with van der Waals surface area (Å²) in [7, 11) is 3.20. The molecule has 3 heteroatoms. The second-order valence-electron chi connectivity index (χ2n) is 3.66. The van der Waals surface area contributed by atoms with E-state index in [1.807, 2.05) is 0 Å². The lowest BCUT2D eigenvalue weighted by atomic mass is 9.85. The molecule has 76 valence electrons. The van der Waals surface area contributed by atoms with Crippen LogP contribution in [0.1, 0.15) is 32.1 Å². The van der Waals surface area contributed by atoms with Crippen LogP contribution in [-0.4, -0.2) is 26.3 Å². The van der Waals surface area contributed by atoms with E-state index in [0.29, 0.717) is 18.4 Å². The summed E-state index contributed by atoms with van der Waals surface area (Å²) in [5.41, 5.74) is 0. The van der Waals surface area contributed by atoms with Gasteiger partial charge in [-0.1, -0.05) is 0 Å². The minimum absolute atomic E-state index is 0.0825. The SMILES string of the molecule is COC(=O)CC1CCC(OC)CC1. The van der Waals surface area contributed by atoms with Crippen molar-refractivity contribution in [2.75, 3.05) is 14.2 Å². The Kier molecular flexibility index (Phi) is 4.22. The van der Waals surface area contributed by atoms with Crippen LogP contribution in [0.25, 0.3) is 0 Å². The molecule has 0 unspecified atom stereocenters. The third-order valence-electron chi connectivity index (χ3n) is 2.81. The van der Waals surface area contributed by atoms with Crippen molar-refractivity contribution in [1.82, 2.24) is 0 Å². The lowest BCUT2D eigenvalue weighted by molar-refractivity contribution is -0.142. The summed E-state index contributed by atoms with van der Waals surface area (Å²) in [4.78, 5) is 11.0. The maximum Gasteiger partial charge on any atom is 0.305 e. The number of rotatable bonds is 3. The highest BCUT2D eigenvalue weighted by Gasteiger charge is 2.22. The van der Waals surface area contributed by atoms with E-state index >= 15 is 0 Å². The second-order valence-corrected chi connectivity index (χ2v) is 3.66. The van der Waals surface area contributed by atoms with Gasteiger partial charge in [0.15, 0.2) is 0 Å². The van der Waals surface area contributed by atoms with Crippen molar-refractivity contribution in [2.24, 2.45) is 5.92 Å². The van der Waals surface area contributed by atoms with E-state index in [1.165, 1.54) is 7.11 Å². The minimum Gasteiger partial charge on any atom is -0.469 e. The molecule has 0 aromatic heterocycles. The van der Waals surface area contributed by atoms with Crippen molar-refractivity contribution in [2.45, 2.75) is 38.2 Å². The van der Waals surface area contributed by atoms with E-state index in [2.05, 4.69) is 4.74 Å². The molecule has 3 nitrogen and oxygen atoms in total. The molecule has 0 atom stereocenters. The summed E-state index contributed by atoms with van der Waals surface area (Å²) < 4.78 is 9.89. The Labute approximate surface area is 79.4 Å². The standard InChI is InChI=1S/C10H18O3/c1-12-9-5-3-8(4-6-9)7-10(11)13-2/h8-9H,3-7H2,1-2H3. The molecule has 0 saturated heterocycles. The molecule has 0 aliphatic heterocycles. The molecule has 13 heavy (non-hydrogen) atoms. The first-order valence-electron chi connectivity index (χ1n) is 4.86. The van der Waals surface area contributed by atoms with Crippen molar-refractivity contribution < 1.29 is 14.3 Å². The fraction of sp³-hybridized carbons (Fsp3) is 0.900. The van der Waals surface area contributed by atoms with Crippen LogP contribution in [0.2, 0.25) is 0 Å². The first-order chi connectivity index (χ1) is 6.26. The zero-order chi connectivity index (χ0) is 9.68. The molecule has 1 aliphatic rings. The molecule has 0 heterocycles. The topological polar surface area (TPSA) is 35.5 Å². The molecule has 1 fully saturated rings. The maximum atomic E-state index is 11.0. The van der Waals surface area contributed by atoms with Gasteiger partial charge in [0, 0.05) is 13.5 Å². The normalized spacial score (nSPS) is 28.5. The molecule has 0 aromatic rings. The minimum atomic E-state index is -0.0825. The highest BCUT2D eigenvalue weighted by molar-refractivity contribution is 5.69. The molecule has 0 aromatic carbocycles. The summed E-state index contributed by atoms with van der Waals surface area (Å²) in [5, 5.41) is 0. The summed E-state index contributed by atoms with van der Waals surface area (Å²) >= 11 is 0. The molecule has 0 spiro atoms. The van der Waals surface area contributed by atoms with Gasteiger partial charge in [-0.15, -0.1) is 0 Å². The number of ether oxygens (including phenoxy) is 2. The van der Waals surface area contributed by atoms with E-state index < -0.39 is 0 Å². The third kappa shape index (κ3) is 3.35. The largest absolute Gasteiger partial charge is 0.469 e. The van der Waals surface area contributed by atoms with Crippen LogP contribution in [0.15, 0.2) is 0 Å². The number of hydrogen-bond donors (Lipinski definition) is 0. The lowest BCUT2D eigenvalue weighted by Crippen LogP contribution is -2.22. The van der Waals surface area contributed by atoms with E-state index in [9.17, 15) is 4.79 Å². The average Bonchev–Trinajstić information content (AvgIpc) is 2.19. The van der Waals surface area contributed by atoms with Crippen LogP contribution in [0.5, 0.6) is 0 Å². The first-order valence-corrected chi connectivity index (χ1v) is 4.86. The highest BCUT2D eigenvalue weighted by atomic mass is 16.5. The van der Waals surface area contributed by atoms with Crippen LogP contribution in [0.4, 0.5) is 0 Å². The van der Waals surface area contributed by atoms with E-state index in [4.69, 9.17) is 4.74 Å². The fourth-order valence-electron chi connectivity index (χ4n) is 1.89. The zero-order valence-electron chi connectivity index (χ0n) is 8.41. The molecule has 0 bridgehead atoms. The number of carbonyl (C=O) groups is 1. The summed E-state index contributed by atoms with van der Waals surface area (Å²) in [6.07, 6.45) is 5.33. The molecular formula is C10H18O3. The predicted molar refractivity (Wildman–Crippen MR) is 49.4 cm³/mol. The number of hydrogen-bond acceptors (Lipinski definition) is 3. The van der Waals surface area contributed by atoms with Crippen molar-refractivity contribution >= 4 is 5.97 Å². The Hall–Kier alpha value is -0.570. The predicted octanol–water partition coefficient (Wildman–Crippen LogP) is 1.75. The average molecular weight is 186 g/mol. The molecule has 1 rings (SSSR count). The molecule has 0 radical (unpaired) electrons. The van der Waals surface area contributed by atoms with Crippen LogP contribution in [-0.2, 0) is 14.3 Å². The Morgan fingerprint density at radius 2 is 1.85 bits per heavy atom. The summed E-state index contributed by atoms with van der Waals surface area (Å²) in [6, 6.07) is 0. The van der Waals surface area contributed by atoms with Crippen molar-refractivity contribution in [3.8, 4) is 0 Å². The molecule has 0 amide bonds. The quantitative estimate of drug-likeness (QED) is 0.630. The molecule has 1 aliphatic carbocycles. The van der Waals surface area contributed by atoms with E-state index in [0.717, 1.165) is 25.7 Å². The lowest BCUT2D eigenvalue weighted by Gasteiger charge is -2.26. The monoisotopic (exact) mass is 186 g/mol. The smallest absolute Gasteiger partial charge is 0.305 e. The summed E-state index contributed by atoms with van der Waals surface area (Å²) in [5.74, 6) is 0.430. The highest BCUT2D eigenvalue weighted by Crippen LogP contribution is 2.28. The van der Waals surface area contributed by atoms with Gasteiger partial charge in [-0.25, -0.2) is 0 Å². The van der Waals surface area contributed by atoms with Crippen molar-refractivity contribution in [1.29, 1.82) is 0 Å². The molecular weight excluding hydrogens is 168 g/mol. The van der Waals surface area contributed by atoms with Gasteiger partial charge in [-0.3, -0.25) is 4.79 Å². The van der Waals surface area contributed by atoms with Crippen molar-refractivity contribution in [3.63, 3.8) is 0 Å². The van der Waals surface area contributed by atoms with Gasteiger partial charge in [0.05, 0.1) is 13.2 Å². The van der Waals surface area contributed by atoms with E-state index in [-0.39, 0.29) is 5.97 Å². The Morgan fingerprint density at radius 1 is 1.23 bits per heavy atom. The number of methoxy groups -OCH3 is 2. The third-order valence-corrected chi connectivity index (χ3v) is 2.81. The summed E-state index contributed by atoms with van der Waals surface area (Å²) in [6.45, 7) is 0. The second kappa shape index (κ2) is 5.22. The van der Waals surface area contributed by atoms with E-state index in [1.54, 1.807) is 7.11 Å². The first kappa shape index (κ1) is 10.5. The molecule has 1 saturated carbocycles. The Bertz CT molecular complexity index is 160. The van der Waals surface area contributed by atoms with Gasteiger partial charge in [0.25, 0.3) is 0 Å². The number of carbonyl (C=O) groups excluding carboxylic acids is 1. The van der Waals surface area contributed by atoms with Crippen LogP contribution in [0.3, 0.4) is 0 Å². The van der Waals surface area contributed by atoms with Gasteiger partial charge in [-0.05, 0) is 31.6 Å². The van der Waals surface area contributed by atoms with Crippen LogP contribution >= 0.6 is 0 Å². The number of esters is 1. The van der Waals surface area contributed by atoms with Gasteiger partial charge in [-0.2, -0.15) is 0 Å². The fourth-order valence-corrected chi connectivity index (χ4v) is 1.89. The van der Waals surface area contributed by atoms with Gasteiger partial charge < -0.3 is 9.47 Å². The maximum absolute atomic E-state index is 11.0. The van der Waals surface area contributed by atoms with Crippen molar-refractivity contribution in [3.05, 3.63) is 0 Å². The molecule has 0 N–H and O–H groups in total. The van der Waals surface area contributed by atoms with Gasteiger partial charge >= 0.3 is 5.97 Å².